The zero-order valence-corrected chi connectivity index (χ0v) is 15.6. The van der Waals surface area contributed by atoms with Gasteiger partial charge < -0.3 is 10.1 Å². The molecule has 0 saturated heterocycles. The quantitative estimate of drug-likeness (QED) is 0.801. The Morgan fingerprint density at radius 2 is 1.88 bits per heavy atom. The molecule has 2 aromatic carbocycles. The SMILES string of the molecule is COc1ccc(NC(=O)CCc2ccccc2F)cc1S(=O)(=O)N(C)C. The van der Waals surface area contributed by atoms with Crippen LogP contribution in [-0.4, -0.2) is 39.8 Å². The second-order valence-electron chi connectivity index (χ2n) is 5.79. The Morgan fingerprint density at radius 3 is 2.50 bits per heavy atom. The van der Waals surface area contributed by atoms with E-state index in [1.807, 2.05) is 0 Å². The first kappa shape index (κ1) is 19.9. The molecule has 0 bridgehead atoms. The summed E-state index contributed by atoms with van der Waals surface area (Å²) in [6.45, 7) is 0. The van der Waals surface area contributed by atoms with Crippen molar-refractivity contribution >= 4 is 21.6 Å². The van der Waals surface area contributed by atoms with E-state index in [2.05, 4.69) is 5.32 Å². The van der Waals surface area contributed by atoms with Gasteiger partial charge in [0.05, 0.1) is 7.11 Å². The largest absolute Gasteiger partial charge is 0.495 e. The van der Waals surface area contributed by atoms with Gasteiger partial charge in [-0.3, -0.25) is 4.79 Å². The molecule has 0 unspecified atom stereocenters. The normalized spacial score (nSPS) is 11.4. The number of nitrogens with one attached hydrogen (secondary N) is 1. The molecule has 0 spiro atoms. The Bertz CT molecular complexity index is 898. The molecule has 2 aromatic rings. The molecule has 6 nitrogen and oxygen atoms in total. The van der Waals surface area contributed by atoms with Gasteiger partial charge in [-0.05, 0) is 36.2 Å². The van der Waals surface area contributed by atoms with Gasteiger partial charge in [-0.15, -0.1) is 0 Å². The fourth-order valence-electron chi connectivity index (χ4n) is 2.33. The summed E-state index contributed by atoms with van der Waals surface area (Å²) in [5, 5.41) is 2.63. The van der Waals surface area contributed by atoms with Crippen LogP contribution in [0.3, 0.4) is 0 Å². The summed E-state index contributed by atoms with van der Waals surface area (Å²) < 4.78 is 44.5. The first-order valence-corrected chi connectivity index (χ1v) is 9.33. The smallest absolute Gasteiger partial charge is 0.246 e. The fourth-order valence-corrected chi connectivity index (χ4v) is 3.40. The van der Waals surface area contributed by atoms with E-state index in [4.69, 9.17) is 4.74 Å². The second kappa shape index (κ2) is 8.29. The Labute approximate surface area is 152 Å². The summed E-state index contributed by atoms with van der Waals surface area (Å²) in [4.78, 5) is 12.1. The molecule has 0 aliphatic heterocycles. The molecule has 1 N–H and O–H groups in total. The molecule has 26 heavy (non-hydrogen) atoms. The molecule has 8 heteroatoms. The van der Waals surface area contributed by atoms with E-state index >= 15 is 0 Å². The number of carbonyl (C=O) groups is 1. The van der Waals surface area contributed by atoms with Crippen molar-refractivity contribution < 1.29 is 22.3 Å². The van der Waals surface area contributed by atoms with Crippen LogP contribution in [0.15, 0.2) is 47.4 Å². The zero-order valence-electron chi connectivity index (χ0n) is 14.8. The molecule has 0 heterocycles. The molecule has 0 aromatic heterocycles. The molecule has 0 aliphatic rings. The molecule has 0 atom stereocenters. The number of methoxy groups -OCH3 is 1. The molecule has 140 valence electrons. The lowest BCUT2D eigenvalue weighted by atomic mass is 10.1. The van der Waals surface area contributed by atoms with Crippen molar-refractivity contribution in [2.75, 3.05) is 26.5 Å². The lowest BCUT2D eigenvalue weighted by molar-refractivity contribution is -0.116. The van der Waals surface area contributed by atoms with E-state index < -0.39 is 10.0 Å². The zero-order chi connectivity index (χ0) is 19.3. The van der Waals surface area contributed by atoms with Crippen LogP contribution >= 0.6 is 0 Å². The predicted molar refractivity (Wildman–Crippen MR) is 97.2 cm³/mol. The van der Waals surface area contributed by atoms with Crippen molar-refractivity contribution in [3.63, 3.8) is 0 Å². The number of sulfonamides is 1. The predicted octanol–water partition coefficient (Wildman–Crippen LogP) is 2.66. The highest BCUT2D eigenvalue weighted by Gasteiger charge is 2.23. The van der Waals surface area contributed by atoms with Gasteiger partial charge in [-0.2, -0.15) is 0 Å². The molecule has 0 fully saturated rings. The van der Waals surface area contributed by atoms with Gasteiger partial charge in [0.1, 0.15) is 16.5 Å². The lowest BCUT2D eigenvalue weighted by Gasteiger charge is -2.16. The Morgan fingerprint density at radius 1 is 1.19 bits per heavy atom. The minimum atomic E-state index is -3.73. The summed E-state index contributed by atoms with van der Waals surface area (Å²) in [5.74, 6) is -0.515. The maximum atomic E-state index is 13.6. The minimum Gasteiger partial charge on any atom is -0.495 e. The van der Waals surface area contributed by atoms with Crippen molar-refractivity contribution in [2.24, 2.45) is 0 Å². The maximum absolute atomic E-state index is 13.6. The minimum absolute atomic E-state index is 0.0445. The van der Waals surface area contributed by atoms with Crippen molar-refractivity contribution in [2.45, 2.75) is 17.7 Å². The molecule has 1 amide bonds. The number of amides is 1. The van der Waals surface area contributed by atoms with Crippen LogP contribution in [0.25, 0.3) is 0 Å². The molecule has 0 radical (unpaired) electrons. The number of carbonyl (C=O) groups excluding carboxylic acids is 1. The van der Waals surface area contributed by atoms with E-state index in [-0.39, 0.29) is 35.2 Å². The third-order valence-electron chi connectivity index (χ3n) is 3.79. The molecular formula is C18H21FN2O4S. The fraction of sp³-hybridized carbons (Fsp3) is 0.278. The third-order valence-corrected chi connectivity index (χ3v) is 5.62. The number of nitrogens with zero attached hydrogens (tertiary/aromatic N) is 1. The van der Waals surface area contributed by atoms with Gasteiger partial charge in [0, 0.05) is 26.2 Å². The first-order valence-electron chi connectivity index (χ1n) is 7.89. The van der Waals surface area contributed by atoms with Crippen molar-refractivity contribution in [1.82, 2.24) is 4.31 Å². The standard InChI is InChI=1S/C18H21FN2O4S/c1-21(2)26(23,24)17-12-14(9-10-16(17)25-3)20-18(22)11-8-13-6-4-5-7-15(13)19/h4-7,9-10,12H,8,11H2,1-3H3,(H,20,22). The Kier molecular flexibility index (Phi) is 6.33. The maximum Gasteiger partial charge on any atom is 0.246 e. The number of aryl methyl sites for hydroxylation is 1. The number of rotatable bonds is 7. The lowest BCUT2D eigenvalue weighted by Crippen LogP contribution is -2.23. The van der Waals surface area contributed by atoms with Crippen LogP contribution in [0.5, 0.6) is 5.75 Å². The van der Waals surface area contributed by atoms with Crippen LogP contribution in [0.4, 0.5) is 10.1 Å². The average Bonchev–Trinajstić information content (AvgIpc) is 2.60. The van der Waals surface area contributed by atoms with Gasteiger partial charge in [-0.25, -0.2) is 17.1 Å². The highest BCUT2D eigenvalue weighted by molar-refractivity contribution is 7.89. The summed E-state index contributed by atoms with van der Waals surface area (Å²) in [5.41, 5.74) is 0.776. The van der Waals surface area contributed by atoms with Crippen molar-refractivity contribution in [3.8, 4) is 5.75 Å². The van der Waals surface area contributed by atoms with Crippen LogP contribution in [0.1, 0.15) is 12.0 Å². The number of benzene rings is 2. The number of anilines is 1. The topological polar surface area (TPSA) is 75.7 Å². The number of halogens is 1. The number of hydrogen-bond donors (Lipinski definition) is 1. The van der Waals surface area contributed by atoms with E-state index in [0.29, 0.717) is 11.3 Å². The highest BCUT2D eigenvalue weighted by Crippen LogP contribution is 2.29. The van der Waals surface area contributed by atoms with E-state index in [1.54, 1.807) is 24.3 Å². The van der Waals surface area contributed by atoms with Crippen LogP contribution in [0.2, 0.25) is 0 Å². The van der Waals surface area contributed by atoms with Crippen LogP contribution < -0.4 is 10.1 Å². The summed E-state index contributed by atoms with van der Waals surface area (Å²) in [6, 6.07) is 10.6. The van der Waals surface area contributed by atoms with Gasteiger partial charge in [0.2, 0.25) is 15.9 Å². The first-order chi connectivity index (χ1) is 12.3. The van der Waals surface area contributed by atoms with Gasteiger partial charge >= 0.3 is 0 Å². The Hall–Kier alpha value is -2.45. The molecular weight excluding hydrogens is 359 g/mol. The van der Waals surface area contributed by atoms with Crippen LogP contribution in [0, 0.1) is 5.82 Å². The highest BCUT2D eigenvalue weighted by atomic mass is 32.2. The van der Waals surface area contributed by atoms with E-state index in [9.17, 15) is 17.6 Å². The van der Waals surface area contributed by atoms with Crippen molar-refractivity contribution in [1.29, 1.82) is 0 Å². The second-order valence-corrected chi connectivity index (χ2v) is 7.91. The number of hydrogen-bond acceptors (Lipinski definition) is 4. The van der Waals surface area contributed by atoms with E-state index in [1.165, 1.54) is 39.4 Å². The van der Waals surface area contributed by atoms with Crippen LogP contribution in [-0.2, 0) is 21.2 Å². The molecule has 2 rings (SSSR count). The van der Waals surface area contributed by atoms with Crippen molar-refractivity contribution in [3.05, 3.63) is 53.8 Å². The summed E-state index contributed by atoms with van der Waals surface area (Å²) in [7, 11) is 0.463. The number of ether oxygens (including phenoxy) is 1. The monoisotopic (exact) mass is 380 g/mol. The van der Waals surface area contributed by atoms with E-state index in [0.717, 1.165) is 4.31 Å². The van der Waals surface area contributed by atoms with Gasteiger partial charge in [0.25, 0.3) is 0 Å². The Balaban J connectivity index is 2.14. The molecule has 0 aliphatic carbocycles. The summed E-state index contributed by atoms with van der Waals surface area (Å²) in [6.07, 6.45) is 0.320. The average molecular weight is 380 g/mol. The summed E-state index contributed by atoms with van der Waals surface area (Å²) >= 11 is 0. The van der Waals surface area contributed by atoms with Gasteiger partial charge in [0.15, 0.2) is 0 Å². The van der Waals surface area contributed by atoms with Gasteiger partial charge in [-0.1, -0.05) is 18.2 Å². The third kappa shape index (κ3) is 4.59. The molecule has 0 saturated carbocycles.